The van der Waals surface area contributed by atoms with E-state index in [2.05, 4.69) is 5.32 Å². The van der Waals surface area contributed by atoms with Gasteiger partial charge in [-0.25, -0.2) is 0 Å². The van der Waals surface area contributed by atoms with Crippen LogP contribution in [0.4, 0.5) is 0 Å². The minimum absolute atomic E-state index is 0.295. The van der Waals surface area contributed by atoms with Crippen molar-refractivity contribution >= 4 is 17.5 Å². The van der Waals surface area contributed by atoms with Crippen molar-refractivity contribution in [1.29, 1.82) is 0 Å². The first-order valence-electron chi connectivity index (χ1n) is 5.13. The fourth-order valence-corrected chi connectivity index (χ4v) is 1.59. The molecule has 1 unspecified atom stereocenters. The normalized spacial score (nSPS) is 12.2. The summed E-state index contributed by atoms with van der Waals surface area (Å²) in [6, 6.07) is 4.69. The Morgan fingerprint density at radius 2 is 2.29 bits per heavy atom. The fraction of sp³-hybridized carbons (Fsp3) is 0.364. The molecule has 6 heteroatoms. The Bertz CT molecular complexity index is 398. The van der Waals surface area contributed by atoms with Crippen molar-refractivity contribution in [2.75, 3.05) is 13.7 Å². The Hall–Kier alpha value is -1.30. The molecule has 1 atom stereocenters. The van der Waals surface area contributed by atoms with Crippen LogP contribution in [0, 0.1) is 0 Å². The topological polar surface area (TPSA) is 90.4 Å². The highest BCUT2D eigenvalue weighted by Crippen LogP contribution is 2.25. The Labute approximate surface area is 105 Å². The lowest BCUT2D eigenvalue weighted by molar-refractivity contribution is -0.119. The number of nitrogens with one attached hydrogen (secondary N) is 1. The molecule has 1 amide bonds. The van der Waals surface area contributed by atoms with Crippen molar-refractivity contribution in [3.63, 3.8) is 0 Å². The van der Waals surface area contributed by atoms with Gasteiger partial charge in [0.25, 0.3) is 0 Å². The maximum atomic E-state index is 10.7. The number of carbonyl (C=O) groups is 1. The van der Waals surface area contributed by atoms with Crippen molar-refractivity contribution in [2.45, 2.75) is 12.6 Å². The van der Waals surface area contributed by atoms with Crippen molar-refractivity contribution in [3.05, 3.63) is 28.8 Å². The molecule has 0 aliphatic rings. The van der Waals surface area contributed by atoms with Crippen LogP contribution < -0.4 is 21.5 Å². The second-order valence-corrected chi connectivity index (χ2v) is 3.97. The van der Waals surface area contributed by atoms with Crippen LogP contribution in [0.5, 0.6) is 5.75 Å². The van der Waals surface area contributed by atoms with Gasteiger partial charge >= 0.3 is 0 Å². The summed E-state index contributed by atoms with van der Waals surface area (Å²) in [5.41, 5.74) is 11.4. The van der Waals surface area contributed by atoms with E-state index in [4.69, 9.17) is 27.8 Å². The predicted molar refractivity (Wildman–Crippen MR) is 66.9 cm³/mol. The number of amides is 1. The molecule has 17 heavy (non-hydrogen) atoms. The standard InChI is InChI=1S/C11H16ClN3O2/c1-17-10-4-2-3-8(12)7(10)5-15-6-9(13)11(14)16/h2-4,9,15H,5-6,13H2,1H3,(H2,14,16). The van der Waals surface area contributed by atoms with Gasteiger partial charge in [0.1, 0.15) is 5.75 Å². The van der Waals surface area contributed by atoms with E-state index in [1.807, 2.05) is 6.07 Å². The molecule has 0 saturated heterocycles. The Morgan fingerprint density at radius 1 is 1.59 bits per heavy atom. The maximum Gasteiger partial charge on any atom is 0.235 e. The van der Waals surface area contributed by atoms with Crippen LogP contribution in [0.2, 0.25) is 5.02 Å². The summed E-state index contributed by atoms with van der Waals surface area (Å²) in [5.74, 6) is 0.154. The first kappa shape index (κ1) is 13.8. The molecule has 0 radical (unpaired) electrons. The zero-order valence-corrected chi connectivity index (χ0v) is 10.3. The highest BCUT2D eigenvalue weighted by molar-refractivity contribution is 6.31. The largest absolute Gasteiger partial charge is 0.496 e. The molecule has 5 N–H and O–H groups in total. The summed E-state index contributed by atoms with van der Waals surface area (Å²) in [7, 11) is 1.57. The second-order valence-electron chi connectivity index (χ2n) is 3.56. The van der Waals surface area contributed by atoms with Crippen LogP contribution >= 0.6 is 11.6 Å². The lowest BCUT2D eigenvalue weighted by atomic mass is 10.2. The molecule has 0 bridgehead atoms. The highest BCUT2D eigenvalue weighted by Gasteiger charge is 2.10. The third-order valence-electron chi connectivity index (χ3n) is 2.33. The average Bonchev–Trinajstić information content (AvgIpc) is 2.30. The van der Waals surface area contributed by atoms with Gasteiger partial charge in [0.15, 0.2) is 0 Å². The van der Waals surface area contributed by atoms with E-state index in [0.717, 1.165) is 5.56 Å². The van der Waals surface area contributed by atoms with Crippen molar-refractivity contribution in [2.24, 2.45) is 11.5 Å². The van der Waals surface area contributed by atoms with E-state index < -0.39 is 11.9 Å². The smallest absolute Gasteiger partial charge is 0.235 e. The number of hydrogen-bond donors (Lipinski definition) is 3. The van der Waals surface area contributed by atoms with Gasteiger partial charge in [-0.15, -0.1) is 0 Å². The molecule has 1 aromatic rings. The first-order valence-corrected chi connectivity index (χ1v) is 5.51. The zero-order valence-electron chi connectivity index (χ0n) is 9.57. The van der Waals surface area contributed by atoms with E-state index in [1.54, 1.807) is 19.2 Å². The summed E-state index contributed by atoms with van der Waals surface area (Å²) in [6.45, 7) is 0.757. The predicted octanol–water partition coefficient (Wildman–Crippen LogP) is 0.251. The Kier molecular flexibility index (Phi) is 5.21. The number of carbonyl (C=O) groups excluding carboxylic acids is 1. The fourth-order valence-electron chi connectivity index (χ4n) is 1.35. The van der Waals surface area contributed by atoms with Crippen LogP contribution in [-0.2, 0) is 11.3 Å². The number of rotatable bonds is 6. The van der Waals surface area contributed by atoms with Crippen LogP contribution in [0.25, 0.3) is 0 Å². The summed E-state index contributed by atoms with van der Waals surface area (Å²) >= 11 is 6.04. The first-order chi connectivity index (χ1) is 8.06. The van der Waals surface area contributed by atoms with Crippen molar-refractivity contribution in [3.8, 4) is 5.75 Å². The number of halogens is 1. The SMILES string of the molecule is COc1cccc(Cl)c1CNCC(N)C(N)=O. The summed E-state index contributed by atoms with van der Waals surface area (Å²) in [4.78, 5) is 10.7. The molecule has 0 heterocycles. The Morgan fingerprint density at radius 3 is 2.88 bits per heavy atom. The zero-order chi connectivity index (χ0) is 12.8. The average molecular weight is 258 g/mol. The molecule has 1 rings (SSSR count). The van der Waals surface area contributed by atoms with Gasteiger partial charge in [-0.3, -0.25) is 4.79 Å². The lowest BCUT2D eigenvalue weighted by Gasteiger charge is -2.13. The van der Waals surface area contributed by atoms with Gasteiger partial charge in [0, 0.05) is 23.7 Å². The minimum atomic E-state index is -0.705. The lowest BCUT2D eigenvalue weighted by Crippen LogP contribution is -2.44. The molecule has 0 saturated carbocycles. The molecule has 0 fully saturated rings. The number of nitrogens with two attached hydrogens (primary N) is 2. The number of methoxy groups -OCH3 is 1. The molecular weight excluding hydrogens is 242 g/mol. The number of ether oxygens (including phenoxy) is 1. The number of hydrogen-bond acceptors (Lipinski definition) is 4. The van der Waals surface area contributed by atoms with E-state index in [0.29, 0.717) is 23.9 Å². The maximum absolute atomic E-state index is 10.7. The van der Waals surface area contributed by atoms with Gasteiger partial charge in [-0.1, -0.05) is 17.7 Å². The summed E-state index contributed by atoms with van der Waals surface area (Å²) in [6.07, 6.45) is 0. The molecule has 0 spiro atoms. The molecule has 94 valence electrons. The van der Waals surface area contributed by atoms with Gasteiger partial charge in [0.05, 0.1) is 13.2 Å². The molecule has 0 aliphatic heterocycles. The van der Waals surface area contributed by atoms with Gasteiger partial charge < -0.3 is 21.5 Å². The molecule has 0 aromatic heterocycles. The Balaban J connectivity index is 2.60. The molecular formula is C11H16ClN3O2. The van der Waals surface area contributed by atoms with Crippen molar-refractivity contribution < 1.29 is 9.53 Å². The third kappa shape index (κ3) is 3.89. The minimum Gasteiger partial charge on any atom is -0.496 e. The molecule has 1 aromatic carbocycles. The van der Waals surface area contributed by atoms with Crippen LogP contribution in [0.3, 0.4) is 0 Å². The second kappa shape index (κ2) is 6.44. The number of benzene rings is 1. The van der Waals surface area contributed by atoms with E-state index in [9.17, 15) is 4.79 Å². The highest BCUT2D eigenvalue weighted by atomic mass is 35.5. The van der Waals surface area contributed by atoms with Gasteiger partial charge in [-0.2, -0.15) is 0 Å². The quantitative estimate of drug-likeness (QED) is 0.681. The van der Waals surface area contributed by atoms with Gasteiger partial charge in [-0.05, 0) is 12.1 Å². The summed E-state index contributed by atoms with van der Waals surface area (Å²) < 4.78 is 5.18. The van der Waals surface area contributed by atoms with Crippen molar-refractivity contribution in [1.82, 2.24) is 5.32 Å². The molecule has 5 nitrogen and oxygen atoms in total. The van der Waals surface area contributed by atoms with E-state index >= 15 is 0 Å². The van der Waals surface area contributed by atoms with E-state index in [-0.39, 0.29) is 0 Å². The van der Waals surface area contributed by atoms with Crippen LogP contribution in [0.1, 0.15) is 5.56 Å². The van der Waals surface area contributed by atoms with E-state index in [1.165, 1.54) is 0 Å². The summed E-state index contributed by atoms with van der Waals surface area (Å²) in [5, 5.41) is 3.61. The van der Waals surface area contributed by atoms with Crippen LogP contribution in [0.15, 0.2) is 18.2 Å². The molecule has 0 aliphatic carbocycles. The van der Waals surface area contributed by atoms with Crippen LogP contribution in [-0.4, -0.2) is 25.6 Å². The number of primary amides is 1. The third-order valence-corrected chi connectivity index (χ3v) is 2.68. The monoisotopic (exact) mass is 257 g/mol. The van der Waals surface area contributed by atoms with Gasteiger partial charge in [0.2, 0.25) is 5.91 Å².